The Balaban J connectivity index is 2.02. The minimum Gasteiger partial charge on any atom is -0.507 e. The van der Waals surface area contributed by atoms with Crippen molar-refractivity contribution < 1.29 is 43.1 Å². The van der Waals surface area contributed by atoms with Crippen LogP contribution in [0.4, 0.5) is 0 Å². The van der Waals surface area contributed by atoms with E-state index in [1.165, 1.54) is 0 Å². The number of allylic oxidation sites excluding steroid dienone is 3. The number of benzene rings is 1. The van der Waals surface area contributed by atoms with Crippen molar-refractivity contribution in [1.29, 1.82) is 0 Å². The number of oxime groups is 1. The second-order valence-electron chi connectivity index (χ2n) is 9.57. The van der Waals surface area contributed by atoms with Crippen LogP contribution in [0.2, 0.25) is 5.02 Å². The molecule has 214 valence electrons. The zero-order chi connectivity index (χ0) is 28.6. The molecule has 1 atom stereocenters. The standard InChI is InChI=1S/C26H34ClN2O9P/c1-17-9-5-3-6-10-18(2)37-26(32)24-20(25(27)22(15-21(24)30)38-39(33,34)35)14-19(13-17)28-36-16-23(31)29-11-7-4-8-12-29/h3,6,13,15,18,30H,4-5,7-12,14,16H2,1-2H3,(H2,33,34,35)/t18-/m1/s1. The molecule has 13 heteroatoms. The van der Waals surface area contributed by atoms with Crippen LogP contribution < -0.4 is 4.52 Å². The first-order chi connectivity index (χ1) is 18.4. The summed E-state index contributed by atoms with van der Waals surface area (Å²) < 4.78 is 21.7. The maximum Gasteiger partial charge on any atom is 0.524 e. The lowest BCUT2D eigenvalue weighted by Crippen LogP contribution is -2.37. The molecule has 1 amide bonds. The van der Waals surface area contributed by atoms with Crippen LogP contribution >= 0.6 is 19.4 Å². The third kappa shape index (κ3) is 9.39. The average molecular weight is 585 g/mol. The molecule has 3 N–H and O–H groups in total. The molecule has 39 heavy (non-hydrogen) atoms. The number of cyclic esters (lactones) is 1. The van der Waals surface area contributed by atoms with E-state index in [9.17, 15) is 29.0 Å². The van der Waals surface area contributed by atoms with E-state index in [1.807, 2.05) is 19.1 Å². The highest BCUT2D eigenvalue weighted by molar-refractivity contribution is 7.46. The normalized spacial score (nSPS) is 20.5. The highest BCUT2D eigenvalue weighted by atomic mass is 35.5. The Hall–Kier alpha value is -2.85. The molecule has 2 aliphatic rings. The second-order valence-corrected chi connectivity index (χ2v) is 11.1. The van der Waals surface area contributed by atoms with Crippen molar-refractivity contribution in [3.63, 3.8) is 0 Å². The Labute approximate surface area is 232 Å². The summed E-state index contributed by atoms with van der Waals surface area (Å²) in [5, 5.41) is 14.5. The van der Waals surface area contributed by atoms with Crippen LogP contribution in [-0.2, 0) is 25.4 Å². The molecule has 1 fully saturated rings. The number of amides is 1. The quantitative estimate of drug-likeness (QED) is 0.194. The van der Waals surface area contributed by atoms with Crippen molar-refractivity contribution in [3.8, 4) is 11.5 Å². The largest absolute Gasteiger partial charge is 0.524 e. The Bertz CT molecular complexity index is 1200. The molecule has 0 aromatic heterocycles. The number of phosphoric ester groups is 1. The Kier molecular flexibility index (Phi) is 11.0. The molecule has 1 aromatic rings. The lowest BCUT2D eigenvalue weighted by atomic mass is 9.98. The van der Waals surface area contributed by atoms with Crippen molar-refractivity contribution in [1.82, 2.24) is 4.90 Å². The van der Waals surface area contributed by atoms with Gasteiger partial charge in [0.1, 0.15) is 17.4 Å². The molecule has 0 saturated carbocycles. The molecule has 0 radical (unpaired) electrons. The number of halogens is 1. The minimum absolute atomic E-state index is 0.0290. The Morgan fingerprint density at radius 3 is 2.67 bits per heavy atom. The predicted octanol–water partition coefficient (Wildman–Crippen LogP) is 4.68. The Morgan fingerprint density at radius 2 is 1.97 bits per heavy atom. The number of phosphoric acid groups is 1. The number of phenols is 1. The fraction of sp³-hybridized carbons (Fsp3) is 0.500. The van der Waals surface area contributed by atoms with Gasteiger partial charge < -0.3 is 24.1 Å². The van der Waals surface area contributed by atoms with Gasteiger partial charge in [0.25, 0.3) is 5.91 Å². The van der Waals surface area contributed by atoms with Crippen LogP contribution in [0, 0.1) is 0 Å². The van der Waals surface area contributed by atoms with Gasteiger partial charge in [0.2, 0.25) is 0 Å². The van der Waals surface area contributed by atoms with E-state index in [0.29, 0.717) is 25.9 Å². The van der Waals surface area contributed by atoms with Crippen molar-refractivity contribution in [2.75, 3.05) is 19.7 Å². The summed E-state index contributed by atoms with van der Waals surface area (Å²) in [7, 11) is -5.05. The summed E-state index contributed by atoms with van der Waals surface area (Å²) >= 11 is 6.47. The number of hydrogen-bond donors (Lipinski definition) is 3. The molecule has 1 aromatic carbocycles. The van der Waals surface area contributed by atoms with E-state index in [4.69, 9.17) is 21.2 Å². The maximum absolute atomic E-state index is 13.1. The van der Waals surface area contributed by atoms with Gasteiger partial charge in [-0.3, -0.25) is 14.6 Å². The number of nitrogens with zero attached hydrogens (tertiary/aromatic N) is 2. The molecule has 0 spiro atoms. The number of likely N-dealkylation sites (tertiary alicyclic amines) is 1. The van der Waals surface area contributed by atoms with Crippen LogP contribution in [0.1, 0.15) is 68.3 Å². The molecular formula is C26H34ClN2O9P. The number of fused-ring (bicyclic) bond motifs is 1. The molecular weight excluding hydrogens is 551 g/mol. The van der Waals surface area contributed by atoms with Gasteiger partial charge in [-0.2, -0.15) is 0 Å². The summed E-state index contributed by atoms with van der Waals surface area (Å²) in [6, 6.07) is 0.848. The van der Waals surface area contributed by atoms with Crippen LogP contribution in [0.5, 0.6) is 11.5 Å². The molecule has 11 nitrogen and oxygen atoms in total. The minimum atomic E-state index is -5.05. The first-order valence-electron chi connectivity index (χ1n) is 12.7. The number of ether oxygens (including phenoxy) is 1. The average Bonchev–Trinajstić information content (AvgIpc) is 2.85. The third-order valence-corrected chi connectivity index (χ3v) is 7.08. The number of piperidine rings is 1. The van der Waals surface area contributed by atoms with Crippen molar-refractivity contribution in [2.24, 2.45) is 5.16 Å². The topological polar surface area (TPSA) is 155 Å². The SMILES string of the molecule is CC1=CC(=NOCC(=O)N2CCCCC2)Cc2c(Cl)c(OP(=O)(O)O)cc(O)c2C(=O)O[C@H](C)CC=CCC1. The zero-order valence-electron chi connectivity index (χ0n) is 22.0. The van der Waals surface area contributed by atoms with Crippen LogP contribution in [-0.4, -0.2) is 63.2 Å². The van der Waals surface area contributed by atoms with Crippen LogP contribution in [0.3, 0.4) is 0 Å². The lowest BCUT2D eigenvalue weighted by Gasteiger charge is -2.26. The number of rotatable bonds is 5. The molecule has 3 rings (SSSR count). The first-order valence-corrected chi connectivity index (χ1v) is 14.6. The van der Waals surface area contributed by atoms with Crippen LogP contribution in [0.15, 0.2) is 35.0 Å². The highest BCUT2D eigenvalue weighted by Gasteiger charge is 2.29. The third-order valence-electron chi connectivity index (χ3n) is 6.23. The van der Waals surface area contributed by atoms with Gasteiger partial charge in [0.15, 0.2) is 12.4 Å². The number of carbonyl (C=O) groups excluding carboxylic acids is 2. The van der Waals surface area contributed by atoms with Crippen molar-refractivity contribution >= 4 is 37.0 Å². The number of phenolic OH excluding ortho intramolecular Hbond substituents is 1. The van der Waals surface area contributed by atoms with Gasteiger partial charge in [-0.1, -0.05) is 34.5 Å². The van der Waals surface area contributed by atoms with Gasteiger partial charge >= 0.3 is 13.8 Å². The van der Waals surface area contributed by atoms with Gasteiger partial charge in [-0.05, 0) is 57.6 Å². The van der Waals surface area contributed by atoms with E-state index in [2.05, 4.69) is 9.68 Å². The number of esters is 1. The summed E-state index contributed by atoms with van der Waals surface area (Å²) in [5.74, 6) is -2.24. The van der Waals surface area contributed by atoms with Crippen LogP contribution in [0.25, 0.3) is 0 Å². The monoisotopic (exact) mass is 584 g/mol. The fourth-order valence-electron chi connectivity index (χ4n) is 4.32. The van der Waals surface area contributed by atoms with Gasteiger partial charge in [0, 0.05) is 32.0 Å². The molecule has 0 unspecified atom stereocenters. The molecule has 0 bridgehead atoms. The smallest absolute Gasteiger partial charge is 0.507 e. The second kappa shape index (κ2) is 14.0. The number of aromatic hydroxyl groups is 1. The fourth-order valence-corrected chi connectivity index (χ4v) is 5.03. The van der Waals surface area contributed by atoms with Gasteiger partial charge in [-0.25, -0.2) is 9.36 Å². The molecule has 1 saturated heterocycles. The lowest BCUT2D eigenvalue weighted by molar-refractivity contribution is -0.137. The first kappa shape index (κ1) is 30.7. The van der Waals surface area contributed by atoms with Crippen molar-refractivity contribution in [2.45, 2.75) is 64.9 Å². The van der Waals surface area contributed by atoms with E-state index in [1.54, 1.807) is 17.9 Å². The van der Waals surface area contributed by atoms with Gasteiger partial charge in [-0.15, -0.1) is 0 Å². The van der Waals surface area contributed by atoms with E-state index < -0.39 is 31.4 Å². The Morgan fingerprint density at radius 1 is 1.26 bits per heavy atom. The van der Waals surface area contributed by atoms with E-state index in [-0.39, 0.29) is 40.8 Å². The molecule has 0 aliphatic carbocycles. The number of hydrogen-bond acceptors (Lipinski definition) is 8. The highest BCUT2D eigenvalue weighted by Crippen LogP contribution is 2.45. The van der Waals surface area contributed by atoms with Gasteiger partial charge in [0.05, 0.1) is 10.7 Å². The molecule has 2 heterocycles. The van der Waals surface area contributed by atoms with E-state index in [0.717, 1.165) is 37.3 Å². The zero-order valence-corrected chi connectivity index (χ0v) is 23.6. The summed E-state index contributed by atoms with van der Waals surface area (Å²) in [6.45, 7) is 4.62. The summed E-state index contributed by atoms with van der Waals surface area (Å²) in [4.78, 5) is 51.4. The summed E-state index contributed by atoms with van der Waals surface area (Å²) in [6.07, 6.45) is 9.66. The van der Waals surface area contributed by atoms with Crippen molar-refractivity contribution in [3.05, 3.63) is 46.0 Å². The molecule has 2 aliphatic heterocycles. The summed E-state index contributed by atoms with van der Waals surface area (Å²) in [5.41, 5.74) is 0.853. The maximum atomic E-state index is 13.1. The predicted molar refractivity (Wildman–Crippen MR) is 145 cm³/mol. The number of carbonyl (C=O) groups is 2. The van der Waals surface area contributed by atoms with E-state index >= 15 is 0 Å².